The molecule has 3 N–H and O–H groups in total. The monoisotopic (exact) mass is 331 g/mol. The van der Waals surface area contributed by atoms with Gasteiger partial charge < -0.3 is 11.1 Å². The van der Waals surface area contributed by atoms with E-state index in [1.807, 2.05) is 18.4 Å². The summed E-state index contributed by atoms with van der Waals surface area (Å²) in [5.41, 5.74) is 5.96. The first-order valence-corrected chi connectivity index (χ1v) is 7.92. The highest BCUT2D eigenvalue weighted by atomic mass is 35.5. The molecule has 0 aliphatic heterocycles. The number of thiazole rings is 1. The molecule has 1 atom stereocenters. The molecule has 4 nitrogen and oxygen atoms in total. The largest absolute Gasteiger partial charge is 0.348 e. The lowest BCUT2D eigenvalue weighted by atomic mass is 10.2. The molecule has 0 saturated heterocycles. The van der Waals surface area contributed by atoms with Crippen LogP contribution >= 0.6 is 35.1 Å². The Kier molecular flexibility index (Phi) is 7.15. The molecule has 0 fully saturated rings. The third-order valence-electron chi connectivity index (χ3n) is 2.61. The zero-order chi connectivity index (χ0) is 13.7. The summed E-state index contributed by atoms with van der Waals surface area (Å²) in [4.78, 5) is 17.6. The number of amides is 1. The second-order valence-corrected chi connectivity index (χ2v) is 6.30. The molecule has 1 amide bonds. The van der Waals surface area contributed by atoms with Crippen LogP contribution < -0.4 is 11.1 Å². The minimum Gasteiger partial charge on any atom is -0.348 e. The third-order valence-corrected chi connectivity index (χ3v) is 4.41. The first-order chi connectivity index (χ1) is 9.19. The second-order valence-electron chi connectivity index (χ2n) is 4.32. The van der Waals surface area contributed by atoms with Crippen molar-refractivity contribution in [1.82, 2.24) is 10.3 Å². The van der Waals surface area contributed by atoms with Gasteiger partial charge >= 0.3 is 0 Å². The number of carbonyl (C=O) groups excluding carboxylic acids is 1. The average Bonchev–Trinajstić information content (AvgIpc) is 3.00. The van der Waals surface area contributed by atoms with Crippen LogP contribution in [0.3, 0.4) is 0 Å². The Morgan fingerprint density at radius 3 is 2.95 bits per heavy atom. The number of halogens is 1. The quantitative estimate of drug-likeness (QED) is 0.854. The highest BCUT2D eigenvalue weighted by Gasteiger charge is 2.13. The van der Waals surface area contributed by atoms with Crippen LogP contribution in [-0.2, 0) is 12.8 Å². The molecule has 0 aliphatic rings. The number of carbonyl (C=O) groups is 1. The van der Waals surface area contributed by atoms with E-state index in [-0.39, 0.29) is 24.4 Å². The number of nitrogens with one attached hydrogen (secondary N) is 1. The zero-order valence-corrected chi connectivity index (χ0v) is 13.6. The average molecular weight is 332 g/mol. The zero-order valence-electron chi connectivity index (χ0n) is 11.2. The molecule has 110 valence electrons. The van der Waals surface area contributed by atoms with Crippen LogP contribution in [-0.4, -0.2) is 23.5 Å². The van der Waals surface area contributed by atoms with E-state index in [1.165, 1.54) is 16.2 Å². The summed E-state index contributed by atoms with van der Waals surface area (Å²) in [5, 5.41) is 7.72. The van der Waals surface area contributed by atoms with Crippen LogP contribution in [0.1, 0.15) is 27.3 Å². The number of hydrogen-bond donors (Lipinski definition) is 2. The van der Waals surface area contributed by atoms with Gasteiger partial charge in [-0.25, -0.2) is 4.98 Å². The van der Waals surface area contributed by atoms with E-state index >= 15 is 0 Å². The Hall–Kier alpha value is -0.950. The summed E-state index contributed by atoms with van der Waals surface area (Å²) < 4.78 is 0. The van der Waals surface area contributed by atoms with Gasteiger partial charge in [0.1, 0.15) is 5.69 Å². The molecule has 7 heteroatoms. The maximum atomic E-state index is 12.0. The van der Waals surface area contributed by atoms with Crippen molar-refractivity contribution in [3.63, 3.8) is 0 Å². The van der Waals surface area contributed by atoms with Gasteiger partial charge in [0.25, 0.3) is 5.91 Å². The Labute approximate surface area is 132 Å². The molecule has 0 radical (unpaired) electrons. The lowest BCUT2D eigenvalue weighted by molar-refractivity contribution is 0.0935. The number of nitrogens with zero attached hydrogens (tertiary/aromatic N) is 1. The van der Waals surface area contributed by atoms with Crippen molar-refractivity contribution in [3.8, 4) is 0 Å². The lowest BCUT2D eigenvalue weighted by Crippen LogP contribution is -2.34. The minimum absolute atomic E-state index is 0. The summed E-state index contributed by atoms with van der Waals surface area (Å²) in [6.45, 7) is 2.56. The summed E-state index contributed by atoms with van der Waals surface area (Å²) in [6, 6.07) is 4.20. The van der Waals surface area contributed by atoms with E-state index in [0.717, 1.165) is 17.8 Å². The van der Waals surface area contributed by atoms with Crippen LogP contribution in [0, 0.1) is 0 Å². The molecule has 0 bridgehead atoms. The van der Waals surface area contributed by atoms with E-state index in [9.17, 15) is 4.79 Å². The predicted molar refractivity (Wildman–Crippen MR) is 87.1 cm³/mol. The molecule has 2 aromatic heterocycles. The first kappa shape index (κ1) is 17.1. The van der Waals surface area contributed by atoms with Gasteiger partial charge in [0.05, 0.1) is 5.01 Å². The van der Waals surface area contributed by atoms with Gasteiger partial charge in [-0.15, -0.1) is 35.1 Å². The fraction of sp³-hybridized carbons (Fsp3) is 0.385. The lowest BCUT2D eigenvalue weighted by Gasteiger charge is -2.11. The van der Waals surface area contributed by atoms with E-state index in [4.69, 9.17) is 5.73 Å². The molecule has 0 spiro atoms. The SMILES string of the molecule is CC(Cc1cccs1)NC(=O)c1csc(CCN)n1.Cl. The van der Waals surface area contributed by atoms with Gasteiger partial charge in [0.15, 0.2) is 0 Å². The van der Waals surface area contributed by atoms with Crippen LogP contribution in [0.5, 0.6) is 0 Å². The molecule has 0 saturated carbocycles. The van der Waals surface area contributed by atoms with Gasteiger partial charge in [-0.1, -0.05) is 6.07 Å². The molecule has 20 heavy (non-hydrogen) atoms. The molecule has 2 rings (SSSR count). The second kappa shape index (κ2) is 8.36. The fourth-order valence-corrected chi connectivity index (χ4v) is 3.36. The minimum atomic E-state index is -0.108. The standard InChI is InChI=1S/C13H17N3OS2.ClH/c1-9(7-10-3-2-6-18-10)15-13(17)11-8-19-12(16-11)4-5-14;/h2-3,6,8-9H,4-5,7,14H2,1H3,(H,15,17);1H. The van der Waals surface area contributed by atoms with Crippen molar-refractivity contribution in [2.24, 2.45) is 5.73 Å². The first-order valence-electron chi connectivity index (χ1n) is 6.16. The molecule has 1 unspecified atom stereocenters. The Morgan fingerprint density at radius 1 is 1.50 bits per heavy atom. The van der Waals surface area contributed by atoms with Crippen molar-refractivity contribution >= 4 is 41.0 Å². The predicted octanol–water partition coefficient (Wildman–Crippen LogP) is 2.49. The Bertz CT molecular complexity index is 527. The highest BCUT2D eigenvalue weighted by molar-refractivity contribution is 7.10. The van der Waals surface area contributed by atoms with Crippen molar-refractivity contribution in [1.29, 1.82) is 0 Å². The summed E-state index contributed by atoms with van der Waals surface area (Å²) in [5.74, 6) is -0.108. The smallest absolute Gasteiger partial charge is 0.270 e. The van der Waals surface area contributed by atoms with E-state index in [2.05, 4.69) is 16.4 Å². The molecular weight excluding hydrogens is 314 g/mol. The van der Waals surface area contributed by atoms with Gasteiger partial charge in [0, 0.05) is 29.1 Å². The number of nitrogens with two attached hydrogens (primary N) is 1. The summed E-state index contributed by atoms with van der Waals surface area (Å²) in [7, 11) is 0. The third kappa shape index (κ3) is 4.86. The number of thiophene rings is 1. The fourth-order valence-electron chi connectivity index (χ4n) is 1.73. The molecule has 2 aromatic rings. The van der Waals surface area contributed by atoms with Gasteiger partial charge in [-0.05, 0) is 24.9 Å². The van der Waals surface area contributed by atoms with Crippen LogP contribution in [0.25, 0.3) is 0 Å². The maximum Gasteiger partial charge on any atom is 0.270 e. The Balaban J connectivity index is 0.00000200. The summed E-state index contributed by atoms with van der Waals surface area (Å²) in [6.07, 6.45) is 1.58. The van der Waals surface area contributed by atoms with Crippen LogP contribution in [0.15, 0.2) is 22.9 Å². The highest BCUT2D eigenvalue weighted by Crippen LogP contribution is 2.13. The van der Waals surface area contributed by atoms with Gasteiger partial charge in [-0.2, -0.15) is 0 Å². The van der Waals surface area contributed by atoms with Crippen LogP contribution in [0.2, 0.25) is 0 Å². The van der Waals surface area contributed by atoms with Crippen molar-refractivity contribution in [3.05, 3.63) is 38.5 Å². The molecule has 0 aromatic carbocycles. The van der Waals surface area contributed by atoms with Crippen molar-refractivity contribution in [2.75, 3.05) is 6.54 Å². The Morgan fingerprint density at radius 2 is 2.30 bits per heavy atom. The normalized spacial score (nSPS) is 11.7. The number of rotatable bonds is 6. The van der Waals surface area contributed by atoms with E-state index in [1.54, 1.807) is 16.7 Å². The van der Waals surface area contributed by atoms with Crippen molar-refractivity contribution in [2.45, 2.75) is 25.8 Å². The van der Waals surface area contributed by atoms with Gasteiger partial charge in [0.2, 0.25) is 0 Å². The van der Waals surface area contributed by atoms with Crippen LogP contribution in [0.4, 0.5) is 0 Å². The number of aromatic nitrogens is 1. The van der Waals surface area contributed by atoms with Crippen molar-refractivity contribution < 1.29 is 4.79 Å². The molecule has 0 aliphatic carbocycles. The van der Waals surface area contributed by atoms with Gasteiger partial charge in [-0.3, -0.25) is 4.79 Å². The summed E-state index contributed by atoms with van der Waals surface area (Å²) >= 11 is 3.19. The molecule has 2 heterocycles. The topological polar surface area (TPSA) is 68.0 Å². The number of hydrogen-bond acceptors (Lipinski definition) is 5. The van der Waals surface area contributed by atoms with E-state index in [0.29, 0.717) is 12.2 Å². The van der Waals surface area contributed by atoms with E-state index < -0.39 is 0 Å². The maximum absolute atomic E-state index is 12.0. The molecular formula is C13H18ClN3OS2.